The van der Waals surface area contributed by atoms with Crippen LogP contribution >= 0.6 is 11.3 Å². The minimum Gasteiger partial charge on any atom is -0.481 e. The number of benzene rings is 1. The fourth-order valence-electron chi connectivity index (χ4n) is 1.96. The second kappa shape index (κ2) is 6.53. The molecule has 2 aromatic rings. The summed E-state index contributed by atoms with van der Waals surface area (Å²) in [5.74, 6) is -0.702. The Balaban J connectivity index is 1.91. The number of carbonyl (C=O) groups is 1. The normalized spacial score (nSPS) is 10.6. The van der Waals surface area contributed by atoms with Gasteiger partial charge in [-0.05, 0) is 43.9 Å². The maximum absolute atomic E-state index is 10.4. The van der Waals surface area contributed by atoms with Gasteiger partial charge in [-0.15, -0.1) is 11.3 Å². The molecule has 1 aromatic carbocycles. The lowest BCUT2D eigenvalue weighted by Crippen LogP contribution is -1.94. The van der Waals surface area contributed by atoms with E-state index in [2.05, 4.69) is 43.3 Å². The molecular weight excluding hydrogens is 256 g/mol. The number of thiophene rings is 1. The third kappa shape index (κ3) is 4.21. The van der Waals surface area contributed by atoms with E-state index < -0.39 is 5.97 Å². The zero-order chi connectivity index (χ0) is 13.7. The van der Waals surface area contributed by atoms with E-state index in [1.165, 1.54) is 20.9 Å². The highest BCUT2D eigenvalue weighted by atomic mass is 32.1. The van der Waals surface area contributed by atoms with Gasteiger partial charge in [-0.3, -0.25) is 4.79 Å². The van der Waals surface area contributed by atoms with Gasteiger partial charge in [0.05, 0.1) is 0 Å². The van der Waals surface area contributed by atoms with E-state index in [1.807, 2.05) is 0 Å². The van der Waals surface area contributed by atoms with Crippen molar-refractivity contribution in [1.29, 1.82) is 0 Å². The average molecular weight is 274 g/mol. The zero-order valence-electron chi connectivity index (χ0n) is 11.1. The minimum absolute atomic E-state index is 0.274. The van der Waals surface area contributed by atoms with Crippen molar-refractivity contribution in [3.8, 4) is 10.4 Å². The minimum atomic E-state index is -0.702. The third-order valence-corrected chi connectivity index (χ3v) is 4.26. The molecule has 0 fully saturated rings. The molecule has 0 aliphatic heterocycles. The lowest BCUT2D eigenvalue weighted by molar-refractivity contribution is -0.137. The van der Waals surface area contributed by atoms with Crippen LogP contribution in [0.15, 0.2) is 36.4 Å². The van der Waals surface area contributed by atoms with E-state index in [1.54, 1.807) is 11.3 Å². The van der Waals surface area contributed by atoms with Crippen LogP contribution in [-0.4, -0.2) is 11.1 Å². The first-order chi connectivity index (χ1) is 9.15. The Morgan fingerprint density at radius 2 is 1.84 bits per heavy atom. The SMILES string of the molecule is Cc1ccc(-c2ccc(CCCCC(=O)O)s2)cc1. The number of aliphatic carboxylic acids is 1. The van der Waals surface area contributed by atoms with Crippen molar-refractivity contribution >= 4 is 17.3 Å². The highest BCUT2D eigenvalue weighted by Gasteiger charge is 2.03. The number of hydrogen-bond donors (Lipinski definition) is 1. The molecule has 1 aromatic heterocycles. The summed E-state index contributed by atoms with van der Waals surface area (Å²) in [7, 11) is 0. The fourth-order valence-corrected chi connectivity index (χ4v) is 3.02. The van der Waals surface area contributed by atoms with E-state index in [9.17, 15) is 4.79 Å². The molecule has 0 amide bonds. The summed E-state index contributed by atoms with van der Waals surface area (Å²) in [4.78, 5) is 13.0. The van der Waals surface area contributed by atoms with E-state index in [4.69, 9.17) is 5.11 Å². The van der Waals surface area contributed by atoms with Gasteiger partial charge in [0.15, 0.2) is 0 Å². The predicted molar refractivity (Wildman–Crippen MR) is 79.7 cm³/mol. The van der Waals surface area contributed by atoms with Crippen LogP contribution in [0.1, 0.15) is 29.7 Å². The lowest BCUT2D eigenvalue weighted by atomic mass is 10.1. The molecule has 0 saturated heterocycles. The Bertz CT molecular complexity index is 540. The van der Waals surface area contributed by atoms with Gasteiger partial charge in [-0.25, -0.2) is 0 Å². The first-order valence-corrected chi connectivity index (χ1v) is 7.34. The smallest absolute Gasteiger partial charge is 0.303 e. The second-order valence-electron chi connectivity index (χ2n) is 4.73. The number of hydrogen-bond acceptors (Lipinski definition) is 2. The molecule has 2 rings (SSSR count). The molecule has 2 nitrogen and oxygen atoms in total. The molecule has 1 N–H and O–H groups in total. The largest absolute Gasteiger partial charge is 0.481 e. The summed E-state index contributed by atoms with van der Waals surface area (Å²) >= 11 is 1.80. The van der Waals surface area contributed by atoms with Crippen molar-refractivity contribution in [1.82, 2.24) is 0 Å². The van der Waals surface area contributed by atoms with Crippen LogP contribution in [0.3, 0.4) is 0 Å². The summed E-state index contributed by atoms with van der Waals surface area (Å²) in [6, 6.07) is 12.9. The standard InChI is InChI=1S/C16H18O2S/c1-12-6-8-13(9-7-12)15-11-10-14(19-15)4-2-3-5-16(17)18/h6-11H,2-5H2,1H3,(H,17,18). The van der Waals surface area contributed by atoms with Crippen LogP contribution in [0.4, 0.5) is 0 Å². The van der Waals surface area contributed by atoms with Crippen LogP contribution < -0.4 is 0 Å². The topological polar surface area (TPSA) is 37.3 Å². The molecule has 3 heteroatoms. The van der Waals surface area contributed by atoms with Crippen molar-refractivity contribution in [3.63, 3.8) is 0 Å². The average Bonchev–Trinajstić information content (AvgIpc) is 2.84. The van der Waals surface area contributed by atoms with Gasteiger partial charge < -0.3 is 5.11 Å². The van der Waals surface area contributed by atoms with Crippen molar-refractivity contribution in [2.24, 2.45) is 0 Å². The quantitative estimate of drug-likeness (QED) is 0.786. The molecule has 0 spiro atoms. The van der Waals surface area contributed by atoms with Crippen molar-refractivity contribution in [2.75, 3.05) is 0 Å². The predicted octanol–water partition coefficient (Wildman–Crippen LogP) is 4.52. The molecular formula is C16H18O2S. The molecule has 1 heterocycles. The van der Waals surface area contributed by atoms with Gasteiger partial charge in [-0.2, -0.15) is 0 Å². The van der Waals surface area contributed by atoms with Gasteiger partial charge in [0, 0.05) is 16.2 Å². The molecule has 0 atom stereocenters. The maximum Gasteiger partial charge on any atom is 0.303 e. The molecule has 0 saturated carbocycles. The number of unbranched alkanes of at least 4 members (excludes halogenated alkanes) is 1. The molecule has 0 radical (unpaired) electrons. The summed E-state index contributed by atoms with van der Waals surface area (Å²) < 4.78 is 0. The Hall–Kier alpha value is -1.61. The van der Waals surface area contributed by atoms with Crippen molar-refractivity contribution < 1.29 is 9.90 Å². The summed E-state index contributed by atoms with van der Waals surface area (Å²) in [6.07, 6.45) is 2.95. The number of carboxylic acid groups (broad SMARTS) is 1. The monoisotopic (exact) mass is 274 g/mol. The van der Waals surface area contributed by atoms with Crippen LogP contribution in [0, 0.1) is 6.92 Å². The van der Waals surface area contributed by atoms with E-state index in [0.29, 0.717) is 0 Å². The number of carboxylic acids is 1. The Morgan fingerprint density at radius 1 is 1.11 bits per heavy atom. The van der Waals surface area contributed by atoms with Crippen LogP contribution in [0.5, 0.6) is 0 Å². The van der Waals surface area contributed by atoms with Crippen molar-refractivity contribution in [3.05, 3.63) is 46.8 Å². The molecule has 0 bridgehead atoms. The third-order valence-electron chi connectivity index (χ3n) is 3.06. The van der Waals surface area contributed by atoms with E-state index in [0.717, 1.165) is 19.3 Å². The Morgan fingerprint density at radius 3 is 2.53 bits per heavy atom. The van der Waals surface area contributed by atoms with E-state index in [-0.39, 0.29) is 6.42 Å². The second-order valence-corrected chi connectivity index (χ2v) is 5.90. The Kier molecular flexibility index (Phi) is 4.74. The molecule has 100 valence electrons. The highest BCUT2D eigenvalue weighted by Crippen LogP contribution is 2.29. The summed E-state index contributed by atoms with van der Waals surface area (Å²) in [5, 5.41) is 8.59. The molecule has 0 unspecified atom stereocenters. The summed E-state index contributed by atoms with van der Waals surface area (Å²) in [6.45, 7) is 2.09. The van der Waals surface area contributed by atoms with Crippen LogP contribution in [0.2, 0.25) is 0 Å². The first-order valence-electron chi connectivity index (χ1n) is 6.53. The number of aryl methyl sites for hydroxylation is 2. The number of rotatable bonds is 6. The maximum atomic E-state index is 10.4. The highest BCUT2D eigenvalue weighted by molar-refractivity contribution is 7.15. The zero-order valence-corrected chi connectivity index (χ0v) is 11.9. The van der Waals surface area contributed by atoms with Gasteiger partial charge in [0.1, 0.15) is 0 Å². The molecule has 0 aliphatic carbocycles. The van der Waals surface area contributed by atoms with Crippen molar-refractivity contribution in [2.45, 2.75) is 32.6 Å². The first kappa shape index (κ1) is 13.8. The fraction of sp³-hybridized carbons (Fsp3) is 0.312. The van der Waals surface area contributed by atoms with Gasteiger partial charge in [0.25, 0.3) is 0 Å². The molecule has 0 aliphatic rings. The van der Waals surface area contributed by atoms with Gasteiger partial charge >= 0.3 is 5.97 Å². The van der Waals surface area contributed by atoms with Crippen LogP contribution in [0.25, 0.3) is 10.4 Å². The van der Waals surface area contributed by atoms with Gasteiger partial charge in [-0.1, -0.05) is 29.8 Å². The molecule has 19 heavy (non-hydrogen) atoms. The lowest BCUT2D eigenvalue weighted by Gasteiger charge is -1.98. The Labute approximate surface area is 117 Å². The summed E-state index contributed by atoms with van der Waals surface area (Å²) in [5.41, 5.74) is 2.53. The van der Waals surface area contributed by atoms with Gasteiger partial charge in [0.2, 0.25) is 0 Å². The van der Waals surface area contributed by atoms with E-state index >= 15 is 0 Å². The van der Waals surface area contributed by atoms with Crippen LogP contribution in [-0.2, 0) is 11.2 Å².